The van der Waals surface area contributed by atoms with E-state index in [1.54, 1.807) is 0 Å². The lowest BCUT2D eigenvalue weighted by atomic mass is 9.79. The minimum atomic E-state index is -0.103. The van der Waals surface area contributed by atoms with E-state index < -0.39 is 0 Å². The van der Waals surface area contributed by atoms with Crippen molar-refractivity contribution in [1.82, 2.24) is 0 Å². The number of hydrogen-bond donors (Lipinski definition) is 0. The molecule has 0 fully saturated rings. The van der Waals surface area contributed by atoms with Crippen LogP contribution < -0.4 is 4.90 Å². The van der Waals surface area contributed by atoms with Gasteiger partial charge in [-0.15, -0.1) is 0 Å². The molecule has 0 radical (unpaired) electrons. The molecular weight excluding hydrogens is 643 g/mol. The van der Waals surface area contributed by atoms with E-state index in [4.69, 9.17) is 4.42 Å². The van der Waals surface area contributed by atoms with Gasteiger partial charge in [-0.2, -0.15) is 0 Å². The molecule has 1 aliphatic carbocycles. The number of rotatable bonds is 4. The second-order valence-corrected chi connectivity index (χ2v) is 18.8. The minimum Gasteiger partial charge on any atom is -0.456 e. The molecule has 2 heteroatoms. The predicted molar refractivity (Wildman–Crippen MR) is 228 cm³/mol. The summed E-state index contributed by atoms with van der Waals surface area (Å²) in [6.07, 6.45) is 0. The van der Waals surface area contributed by atoms with Crippen LogP contribution in [0.1, 0.15) is 104 Å². The Bertz CT molecular complexity index is 2510. The summed E-state index contributed by atoms with van der Waals surface area (Å²) in [7, 11) is 0. The lowest BCUT2D eigenvalue weighted by Gasteiger charge is -2.28. The average molecular weight is 696 g/mol. The van der Waals surface area contributed by atoms with Crippen molar-refractivity contribution in [2.24, 2.45) is 0 Å². The average Bonchev–Trinajstić information content (AvgIpc) is 3.59. The summed E-state index contributed by atoms with van der Waals surface area (Å²) in [5, 5.41) is 2.32. The van der Waals surface area contributed by atoms with Crippen LogP contribution in [0.5, 0.6) is 0 Å². The van der Waals surface area contributed by atoms with Gasteiger partial charge in [0.25, 0.3) is 0 Å². The molecule has 0 bridgehead atoms. The van der Waals surface area contributed by atoms with Crippen molar-refractivity contribution >= 4 is 39.0 Å². The topological polar surface area (TPSA) is 16.4 Å². The van der Waals surface area contributed by atoms with Gasteiger partial charge in [0.05, 0.1) is 0 Å². The zero-order chi connectivity index (χ0) is 37.7. The molecule has 1 aliphatic rings. The van der Waals surface area contributed by atoms with Gasteiger partial charge in [0.2, 0.25) is 0 Å². The van der Waals surface area contributed by atoms with Crippen molar-refractivity contribution < 1.29 is 4.42 Å². The van der Waals surface area contributed by atoms with Crippen LogP contribution in [0.2, 0.25) is 0 Å². The third-order valence-electron chi connectivity index (χ3n) is 11.5. The molecule has 7 aromatic rings. The Labute approximate surface area is 316 Å². The molecule has 0 amide bonds. The van der Waals surface area contributed by atoms with Crippen LogP contribution in [0.4, 0.5) is 17.1 Å². The molecule has 0 atom stereocenters. The van der Waals surface area contributed by atoms with Gasteiger partial charge in [0.15, 0.2) is 0 Å². The molecule has 0 saturated heterocycles. The van der Waals surface area contributed by atoms with Gasteiger partial charge in [0, 0.05) is 38.8 Å². The smallest absolute Gasteiger partial charge is 0.139 e. The molecule has 0 N–H and O–H groups in total. The molecule has 0 spiro atoms. The fourth-order valence-electron chi connectivity index (χ4n) is 8.24. The first-order valence-electron chi connectivity index (χ1n) is 19.2. The number of benzene rings is 6. The van der Waals surface area contributed by atoms with Crippen LogP contribution in [0.15, 0.2) is 126 Å². The Morgan fingerprint density at radius 1 is 0.472 bits per heavy atom. The largest absolute Gasteiger partial charge is 0.456 e. The highest BCUT2D eigenvalue weighted by Gasteiger charge is 2.36. The van der Waals surface area contributed by atoms with Crippen molar-refractivity contribution in [3.8, 4) is 22.3 Å². The zero-order valence-corrected chi connectivity index (χ0v) is 33.4. The monoisotopic (exact) mass is 695 g/mol. The standard InChI is InChI=1S/C51H53NO/c1-48(2,3)34-20-16-32(17-21-34)33-18-22-36(23-19-33)52(38-24-26-40-39-14-12-13-15-43(39)51(10,11)44(40)31-38)37-25-27-46-41(30-37)42-28-35(49(4,5)6)29-45(47(42)53-46)50(7,8)9/h12-31H,1-11H3. The maximum absolute atomic E-state index is 6.72. The van der Waals surface area contributed by atoms with Crippen molar-refractivity contribution in [2.75, 3.05) is 4.90 Å². The van der Waals surface area contributed by atoms with Gasteiger partial charge in [-0.3, -0.25) is 0 Å². The Balaban J connectivity index is 1.31. The first kappa shape index (κ1) is 35.0. The van der Waals surface area contributed by atoms with E-state index in [1.165, 1.54) is 55.5 Å². The Hall–Kier alpha value is -5.08. The molecule has 0 saturated carbocycles. The molecule has 2 nitrogen and oxygen atoms in total. The number of fused-ring (bicyclic) bond motifs is 6. The quantitative estimate of drug-likeness (QED) is 0.182. The van der Waals surface area contributed by atoms with E-state index >= 15 is 0 Å². The molecule has 6 aromatic carbocycles. The minimum absolute atomic E-state index is 0.00500. The molecule has 1 heterocycles. The lowest BCUT2D eigenvalue weighted by molar-refractivity contribution is 0.559. The highest BCUT2D eigenvalue weighted by molar-refractivity contribution is 6.08. The predicted octanol–water partition coefficient (Wildman–Crippen LogP) is 14.9. The summed E-state index contributed by atoms with van der Waals surface area (Å²) in [5.74, 6) is 0. The Morgan fingerprint density at radius 3 is 1.68 bits per heavy atom. The molecule has 0 aliphatic heterocycles. The first-order valence-corrected chi connectivity index (χ1v) is 19.2. The number of hydrogen-bond acceptors (Lipinski definition) is 2. The van der Waals surface area contributed by atoms with Gasteiger partial charge >= 0.3 is 0 Å². The van der Waals surface area contributed by atoms with Gasteiger partial charge in [-0.1, -0.05) is 149 Å². The number of furan rings is 1. The fraction of sp³-hybridized carbons (Fsp3) is 0.294. The molecule has 53 heavy (non-hydrogen) atoms. The maximum Gasteiger partial charge on any atom is 0.139 e. The Morgan fingerprint density at radius 2 is 1.04 bits per heavy atom. The van der Waals surface area contributed by atoms with E-state index in [1.807, 2.05) is 0 Å². The summed E-state index contributed by atoms with van der Waals surface area (Å²) in [4.78, 5) is 2.42. The van der Waals surface area contributed by atoms with Crippen LogP contribution in [-0.2, 0) is 21.7 Å². The molecule has 1 aromatic heterocycles. The van der Waals surface area contributed by atoms with E-state index in [-0.39, 0.29) is 21.7 Å². The van der Waals surface area contributed by atoms with Gasteiger partial charge in [0.1, 0.15) is 11.2 Å². The maximum atomic E-state index is 6.72. The van der Waals surface area contributed by atoms with Crippen LogP contribution in [0.25, 0.3) is 44.2 Å². The summed E-state index contributed by atoms with van der Waals surface area (Å²) < 4.78 is 6.72. The summed E-state index contributed by atoms with van der Waals surface area (Å²) >= 11 is 0. The van der Waals surface area contributed by atoms with Crippen molar-refractivity contribution in [2.45, 2.75) is 97.8 Å². The lowest BCUT2D eigenvalue weighted by Crippen LogP contribution is -2.16. The molecular formula is C51H53NO. The fourth-order valence-corrected chi connectivity index (χ4v) is 8.24. The van der Waals surface area contributed by atoms with Crippen molar-refractivity contribution in [3.05, 3.63) is 149 Å². The first-order chi connectivity index (χ1) is 24.9. The van der Waals surface area contributed by atoms with E-state index in [0.29, 0.717) is 0 Å². The number of nitrogens with zero attached hydrogens (tertiary/aromatic N) is 1. The van der Waals surface area contributed by atoms with Crippen LogP contribution in [0, 0.1) is 0 Å². The Kier molecular flexibility index (Phi) is 7.90. The van der Waals surface area contributed by atoms with Crippen LogP contribution >= 0.6 is 0 Å². The highest BCUT2D eigenvalue weighted by atomic mass is 16.3. The summed E-state index contributed by atoms with van der Waals surface area (Å²) in [6.45, 7) is 25.2. The normalized spacial score (nSPS) is 14.1. The van der Waals surface area contributed by atoms with Crippen LogP contribution in [0.3, 0.4) is 0 Å². The van der Waals surface area contributed by atoms with E-state index in [0.717, 1.165) is 33.6 Å². The molecule has 8 rings (SSSR count). The number of anilines is 3. The van der Waals surface area contributed by atoms with Gasteiger partial charge in [-0.25, -0.2) is 0 Å². The van der Waals surface area contributed by atoms with Crippen molar-refractivity contribution in [1.29, 1.82) is 0 Å². The third-order valence-corrected chi connectivity index (χ3v) is 11.5. The highest BCUT2D eigenvalue weighted by Crippen LogP contribution is 2.51. The van der Waals surface area contributed by atoms with Gasteiger partial charge < -0.3 is 9.32 Å². The van der Waals surface area contributed by atoms with E-state index in [9.17, 15) is 0 Å². The molecule has 0 unspecified atom stereocenters. The third kappa shape index (κ3) is 5.97. The second kappa shape index (κ2) is 12.0. The summed E-state index contributed by atoms with van der Waals surface area (Å²) in [6, 6.07) is 45.5. The zero-order valence-electron chi connectivity index (χ0n) is 33.4. The van der Waals surface area contributed by atoms with Crippen molar-refractivity contribution in [3.63, 3.8) is 0 Å². The van der Waals surface area contributed by atoms with E-state index in [2.05, 4.69) is 202 Å². The molecule has 268 valence electrons. The summed E-state index contributed by atoms with van der Waals surface area (Å²) in [5.41, 5.74) is 17.0. The van der Waals surface area contributed by atoms with Crippen LogP contribution in [-0.4, -0.2) is 0 Å². The second-order valence-electron chi connectivity index (χ2n) is 18.8. The van der Waals surface area contributed by atoms with Gasteiger partial charge in [-0.05, 0) is 109 Å². The SMILES string of the molecule is CC(C)(C)c1ccc(-c2ccc(N(c3ccc4c(c3)C(C)(C)c3ccccc3-4)c3ccc4oc5c(C(C)(C)C)cc(C(C)(C)C)cc5c4c3)cc2)cc1.